The van der Waals surface area contributed by atoms with Gasteiger partial charge in [-0.3, -0.25) is 0 Å². The van der Waals surface area contributed by atoms with Crippen LogP contribution in [0.25, 0.3) is 54.9 Å². The first-order valence-corrected chi connectivity index (χ1v) is 20.4. The molecule has 278 valence electrons. The quantitative estimate of drug-likeness (QED) is 0.160. The third-order valence-corrected chi connectivity index (χ3v) is 11.8. The summed E-state index contributed by atoms with van der Waals surface area (Å²) < 4.78 is 0. The first-order valence-electron chi connectivity index (χ1n) is 20.4. The Hall–Kier alpha value is -7.68. The smallest absolute Gasteiger partial charge is 0.0540 e. The molecule has 0 amide bonds. The maximum atomic E-state index is 2.45. The molecule has 0 saturated carbocycles. The first-order chi connectivity index (χ1) is 29.2. The van der Waals surface area contributed by atoms with Crippen molar-refractivity contribution in [3.63, 3.8) is 0 Å². The van der Waals surface area contributed by atoms with E-state index in [0.29, 0.717) is 0 Å². The van der Waals surface area contributed by atoms with Gasteiger partial charge < -0.3 is 9.80 Å². The highest BCUT2D eigenvalue weighted by Gasteiger charge is 2.25. The molecule has 1 aliphatic heterocycles. The van der Waals surface area contributed by atoms with Crippen molar-refractivity contribution in [1.29, 1.82) is 0 Å². The zero-order valence-electron chi connectivity index (χ0n) is 32.5. The van der Waals surface area contributed by atoms with Crippen LogP contribution < -0.4 is 9.80 Å². The van der Waals surface area contributed by atoms with Crippen molar-refractivity contribution in [2.24, 2.45) is 0 Å². The molecule has 0 aliphatic carbocycles. The molecule has 10 aromatic rings. The van der Waals surface area contributed by atoms with E-state index in [1.54, 1.807) is 0 Å². The second kappa shape index (κ2) is 14.7. The number of hydrogen-bond acceptors (Lipinski definition) is 2. The number of rotatable bonds is 7. The lowest BCUT2D eigenvalue weighted by molar-refractivity contribution is 1.09. The summed E-state index contributed by atoms with van der Waals surface area (Å²) in [5.41, 5.74) is 16.9. The van der Waals surface area contributed by atoms with Gasteiger partial charge in [-0.2, -0.15) is 0 Å². The monoisotopic (exact) mass is 752 g/mol. The molecule has 2 heteroatoms. The van der Waals surface area contributed by atoms with Gasteiger partial charge in [0, 0.05) is 40.2 Å². The van der Waals surface area contributed by atoms with Gasteiger partial charge in [0.05, 0.1) is 5.69 Å². The molecule has 0 saturated heterocycles. The molecule has 10 aromatic carbocycles. The van der Waals surface area contributed by atoms with Gasteiger partial charge in [-0.1, -0.05) is 158 Å². The van der Waals surface area contributed by atoms with Gasteiger partial charge in [-0.25, -0.2) is 0 Å². The van der Waals surface area contributed by atoms with Crippen LogP contribution in [-0.2, 0) is 6.42 Å². The number of fused-ring (bicyclic) bond motifs is 4. The molecule has 0 fully saturated rings. The van der Waals surface area contributed by atoms with Crippen LogP contribution in [0.3, 0.4) is 0 Å². The summed E-state index contributed by atoms with van der Waals surface area (Å²) in [5.74, 6) is 0. The summed E-state index contributed by atoms with van der Waals surface area (Å²) in [5, 5.41) is 4.97. The minimum Gasteiger partial charge on any atom is -0.310 e. The van der Waals surface area contributed by atoms with E-state index in [4.69, 9.17) is 0 Å². The van der Waals surface area contributed by atoms with Gasteiger partial charge in [0.25, 0.3) is 0 Å². The Labute approximate surface area is 345 Å². The predicted octanol–water partition coefficient (Wildman–Crippen LogP) is 15.8. The highest BCUT2D eigenvalue weighted by atomic mass is 15.2. The fraction of sp³-hybridized carbons (Fsp3) is 0.0175. The fourth-order valence-corrected chi connectivity index (χ4v) is 8.88. The number of hydrogen-bond donors (Lipinski definition) is 0. The average Bonchev–Trinajstić information content (AvgIpc) is 3.31. The van der Waals surface area contributed by atoms with Crippen LogP contribution in [0.5, 0.6) is 0 Å². The van der Waals surface area contributed by atoms with Crippen LogP contribution in [0.1, 0.15) is 11.1 Å². The lowest BCUT2D eigenvalue weighted by atomic mass is 9.89. The van der Waals surface area contributed by atoms with Crippen molar-refractivity contribution in [3.05, 3.63) is 242 Å². The van der Waals surface area contributed by atoms with E-state index in [-0.39, 0.29) is 0 Å². The van der Waals surface area contributed by atoms with Gasteiger partial charge >= 0.3 is 0 Å². The molecule has 0 bridgehead atoms. The largest absolute Gasteiger partial charge is 0.310 e. The average molecular weight is 753 g/mol. The molecule has 0 aromatic heterocycles. The second-order valence-corrected chi connectivity index (χ2v) is 15.4. The molecule has 2 nitrogen and oxygen atoms in total. The third kappa shape index (κ3) is 6.42. The summed E-state index contributed by atoms with van der Waals surface area (Å²) in [7, 11) is 0. The highest BCUT2D eigenvalue weighted by molar-refractivity contribution is 5.99. The molecule has 0 radical (unpaired) electrons. The molecule has 0 atom stereocenters. The molecular weight excluding hydrogens is 713 g/mol. The zero-order chi connectivity index (χ0) is 39.1. The molecule has 0 N–H and O–H groups in total. The molecule has 1 heterocycles. The number of benzene rings is 10. The van der Waals surface area contributed by atoms with Crippen LogP contribution in [0.15, 0.2) is 231 Å². The molecule has 11 rings (SSSR count). The second-order valence-electron chi connectivity index (χ2n) is 15.4. The van der Waals surface area contributed by atoms with Crippen LogP contribution in [0, 0.1) is 0 Å². The van der Waals surface area contributed by atoms with Crippen molar-refractivity contribution < 1.29 is 0 Å². The van der Waals surface area contributed by atoms with E-state index in [1.807, 2.05) is 0 Å². The Kier molecular flexibility index (Phi) is 8.60. The minimum absolute atomic E-state index is 0.847. The van der Waals surface area contributed by atoms with Crippen LogP contribution in [0.2, 0.25) is 0 Å². The van der Waals surface area contributed by atoms with Crippen LogP contribution in [0.4, 0.5) is 34.1 Å². The first kappa shape index (κ1) is 34.6. The maximum Gasteiger partial charge on any atom is 0.0540 e. The zero-order valence-corrected chi connectivity index (χ0v) is 32.5. The van der Waals surface area contributed by atoms with Crippen molar-refractivity contribution >= 4 is 55.7 Å². The maximum absolute atomic E-state index is 2.45. The van der Waals surface area contributed by atoms with Crippen LogP contribution >= 0.6 is 0 Å². The predicted molar refractivity (Wildman–Crippen MR) is 250 cm³/mol. The van der Waals surface area contributed by atoms with E-state index < -0.39 is 0 Å². The lowest BCUT2D eigenvalue weighted by Gasteiger charge is -2.34. The molecule has 0 unspecified atom stereocenters. The summed E-state index contributed by atoms with van der Waals surface area (Å²) >= 11 is 0. The molecule has 0 spiro atoms. The Morgan fingerprint density at radius 1 is 0.322 bits per heavy atom. The Balaban J connectivity index is 0.985. The summed E-state index contributed by atoms with van der Waals surface area (Å²) in [4.78, 5) is 4.81. The molecule has 59 heavy (non-hydrogen) atoms. The topological polar surface area (TPSA) is 6.48 Å². The van der Waals surface area contributed by atoms with Crippen molar-refractivity contribution in [2.75, 3.05) is 9.80 Å². The summed E-state index contributed by atoms with van der Waals surface area (Å²) in [6.45, 7) is 0. The highest BCUT2D eigenvalue weighted by Crippen LogP contribution is 2.47. The van der Waals surface area contributed by atoms with Gasteiger partial charge in [-0.15, -0.1) is 0 Å². The van der Waals surface area contributed by atoms with Crippen molar-refractivity contribution in [1.82, 2.24) is 0 Å². The van der Waals surface area contributed by atoms with E-state index in [1.165, 1.54) is 77.4 Å². The van der Waals surface area contributed by atoms with Crippen LogP contribution in [-0.4, -0.2) is 0 Å². The van der Waals surface area contributed by atoms with Crippen molar-refractivity contribution in [2.45, 2.75) is 6.42 Å². The van der Waals surface area contributed by atoms with Crippen molar-refractivity contribution in [3.8, 4) is 33.4 Å². The summed E-state index contributed by atoms with van der Waals surface area (Å²) in [6.07, 6.45) is 0.847. The normalized spacial score (nSPS) is 12.0. The van der Waals surface area contributed by atoms with Gasteiger partial charge in [0.1, 0.15) is 0 Å². The fourth-order valence-electron chi connectivity index (χ4n) is 8.88. The van der Waals surface area contributed by atoms with E-state index >= 15 is 0 Å². The third-order valence-electron chi connectivity index (χ3n) is 11.8. The Bertz CT molecular complexity index is 3110. The van der Waals surface area contributed by atoms with E-state index in [9.17, 15) is 0 Å². The lowest BCUT2D eigenvalue weighted by Crippen LogP contribution is -2.18. The van der Waals surface area contributed by atoms with Gasteiger partial charge in [0.15, 0.2) is 0 Å². The Morgan fingerprint density at radius 3 is 1.54 bits per heavy atom. The molecular formula is C57H40N2. The molecule has 1 aliphatic rings. The number of anilines is 6. The SMILES string of the molecule is c1ccc(-c2ccc(N3c4ccc(-c5ccc(N(c6ccccc6)c6cccc7ccccc67)cc5)cc4Cc4cc(-c5ccc6ccccc6c5)ccc43)cc2)cc1. The number of nitrogens with zero attached hydrogens (tertiary/aromatic N) is 2. The van der Waals surface area contributed by atoms with Gasteiger partial charge in [0.2, 0.25) is 0 Å². The summed E-state index contributed by atoms with van der Waals surface area (Å²) in [6, 6.07) is 83.9. The van der Waals surface area contributed by atoms with E-state index in [2.05, 4.69) is 240 Å². The van der Waals surface area contributed by atoms with Gasteiger partial charge in [-0.05, 0) is 133 Å². The minimum atomic E-state index is 0.847. The Morgan fingerprint density at radius 2 is 0.814 bits per heavy atom. The standard InChI is InChI=1S/C57H40N2/c1-3-12-40(13-4-1)42-24-32-53(33-25-42)59-55-34-28-46(37-49(55)39-50-38-48(29-35-56(50)59)47-23-22-41-14-7-8-16-45(41)36-47)43-26-30-52(31-27-43)58(51-18-5-2-6-19-51)57-21-11-17-44-15-9-10-20-54(44)57/h1-38H,39H2. The number of para-hydroxylation sites is 1. The van der Waals surface area contributed by atoms with E-state index in [0.717, 1.165) is 29.2 Å².